The van der Waals surface area contributed by atoms with Crippen molar-refractivity contribution < 1.29 is 62.1 Å². The van der Waals surface area contributed by atoms with E-state index in [2.05, 4.69) is 6.58 Å². The topological polar surface area (TPSA) is 155 Å². The van der Waals surface area contributed by atoms with Crippen molar-refractivity contribution in [3.05, 3.63) is 12.7 Å². The first-order valence-electron chi connectivity index (χ1n) is 11.8. The third kappa shape index (κ3) is 7.69. The molecule has 0 bridgehead atoms. The average Bonchev–Trinajstić information content (AvgIpc) is 2.82. The Labute approximate surface area is 216 Å². The molecule has 0 aliphatic carbocycles. The second kappa shape index (κ2) is 14.1. The van der Waals surface area contributed by atoms with Crippen LogP contribution in [0.2, 0.25) is 0 Å². The molecule has 37 heavy (non-hydrogen) atoms. The molecule has 13 heteroatoms. The van der Waals surface area contributed by atoms with Crippen LogP contribution >= 0.6 is 0 Å². The highest BCUT2D eigenvalue weighted by Crippen LogP contribution is 2.35. The van der Waals surface area contributed by atoms with E-state index < -0.39 is 85.4 Å². The monoisotopic (exact) mass is 534 g/mol. The summed E-state index contributed by atoms with van der Waals surface area (Å²) in [5.74, 6) is -2.08. The van der Waals surface area contributed by atoms with Crippen LogP contribution in [-0.4, -0.2) is 112 Å². The summed E-state index contributed by atoms with van der Waals surface area (Å²) in [7, 11) is 4.28. The van der Waals surface area contributed by atoms with Gasteiger partial charge in [-0.05, 0) is 13.3 Å². The van der Waals surface area contributed by atoms with Gasteiger partial charge in [-0.3, -0.25) is 14.4 Å². The van der Waals surface area contributed by atoms with Crippen molar-refractivity contribution in [3.8, 4) is 0 Å². The van der Waals surface area contributed by atoms with Gasteiger partial charge in [-0.1, -0.05) is 6.08 Å². The summed E-state index contributed by atoms with van der Waals surface area (Å²) in [5, 5.41) is 10.9. The molecule has 0 spiro atoms. The lowest BCUT2D eigenvalue weighted by Crippen LogP contribution is -2.66. The number of ether oxygens (including phenoxy) is 9. The smallest absolute Gasteiger partial charge is 0.303 e. The molecular weight excluding hydrogens is 496 g/mol. The van der Waals surface area contributed by atoms with Gasteiger partial charge in [0.05, 0.1) is 12.2 Å². The normalized spacial score (nSPS) is 36.8. The lowest BCUT2D eigenvalue weighted by atomic mass is 9.92. The number of carbonyl (C=O) groups is 3. The Morgan fingerprint density at radius 1 is 0.784 bits per heavy atom. The van der Waals surface area contributed by atoms with Crippen molar-refractivity contribution in [3.63, 3.8) is 0 Å². The number of rotatable bonds is 11. The van der Waals surface area contributed by atoms with Crippen LogP contribution in [0.4, 0.5) is 0 Å². The Balaban J connectivity index is 2.50. The van der Waals surface area contributed by atoms with Crippen LogP contribution in [0.3, 0.4) is 0 Å². The molecule has 2 saturated heterocycles. The van der Waals surface area contributed by atoms with E-state index in [1.807, 2.05) is 0 Å². The van der Waals surface area contributed by atoms with Gasteiger partial charge in [0, 0.05) is 42.1 Å². The Hall–Kier alpha value is -2.13. The first-order chi connectivity index (χ1) is 17.5. The van der Waals surface area contributed by atoms with E-state index in [1.54, 1.807) is 6.92 Å². The van der Waals surface area contributed by atoms with E-state index in [-0.39, 0.29) is 6.42 Å². The van der Waals surface area contributed by atoms with E-state index in [0.717, 1.165) is 13.8 Å². The van der Waals surface area contributed by atoms with Crippen molar-refractivity contribution in [1.29, 1.82) is 0 Å². The minimum absolute atomic E-state index is 0.148. The summed E-state index contributed by atoms with van der Waals surface area (Å²) >= 11 is 0. The van der Waals surface area contributed by atoms with Crippen molar-refractivity contribution >= 4 is 17.9 Å². The summed E-state index contributed by atoms with van der Waals surface area (Å²) in [5.41, 5.74) is 0. The van der Waals surface area contributed by atoms with Gasteiger partial charge < -0.3 is 47.7 Å². The van der Waals surface area contributed by atoms with Crippen molar-refractivity contribution in [2.24, 2.45) is 0 Å². The molecule has 0 unspecified atom stereocenters. The average molecular weight is 535 g/mol. The highest BCUT2D eigenvalue weighted by atomic mass is 16.8. The third-order valence-electron chi connectivity index (χ3n) is 6.02. The maximum Gasteiger partial charge on any atom is 0.303 e. The van der Waals surface area contributed by atoms with Gasteiger partial charge in [-0.2, -0.15) is 0 Å². The second-order valence-corrected chi connectivity index (χ2v) is 8.73. The molecule has 2 aliphatic rings. The highest BCUT2D eigenvalue weighted by Gasteiger charge is 2.55. The molecule has 11 atom stereocenters. The van der Waals surface area contributed by atoms with Crippen molar-refractivity contribution in [1.82, 2.24) is 0 Å². The molecule has 0 aromatic rings. The zero-order valence-corrected chi connectivity index (χ0v) is 22.2. The largest absolute Gasteiger partial charge is 0.456 e. The zero-order valence-electron chi connectivity index (χ0n) is 22.2. The number of esters is 3. The number of carbonyl (C=O) groups excluding carboxylic acids is 3. The molecule has 1 N–H and O–H groups in total. The lowest BCUT2D eigenvalue weighted by Gasteiger charge is -2.49. The van der Waals surface area contributed by atoms with E-state index in [9.17, 15) is 19.5 Å². The minimum atomic E-state index is -1.35. The zero-order chi connectivity index (χ0) is 27.9. The Bertz CT molecular complexity index is 789. The van der Waals surface area contributed by atoms with Gasteiger partial charge in [-0.15, -0.1) is 6.58 Å². The standard InChI is InChI=1S/C24H38O13/c1-9-10-15(28)17-20(18(29-6)21(30-7)23(31-8)36-17)37-24-22(35-14(5)27)19(34-13(4)26)16(11(2)32-24)33-12(3)25/h9,11,15-24,28H,1,10H2,2-8H3/t11-,15-,16-,17+,18-,19+,20-,21+,22+,23-,24-/m0/s1. The molecule has 0 saturated carbocycles. The van der Waals surface area contributed by atoms with Gasteiger partial charge in [0.25, 0.3) is 0 Å². The van der Waals surface area contributed by atoms with Crippen LogP contribution in [0, 0.1) is 0 Å². The molecule has 13 nitrogen and oxygen atoms in total. The summed E-state index contributed by atoms with van der Waals surface area (Å²) in [6.45, 7) is 8.74. The van der Waals surface area contributed by atoms with Gasteiger partial charge >= 0.3 is 17.9 Å². The second-order valence-electron chi connectivity index (χ2n) is 8.73. The molecule has 2 fully saturated rings. The van der Waals surface area contributed by atoms with E-state index >= 15 is 0 Å². The molecule has 2 heterocycles. The molecule has 0 radical (unpaired) electrons. The fourth-order valence-electron chi connectivity index (χ4n) is 4.55. The lowest BCUT2D eigenvalue weighted by molar-refractivity contribution is -0.363. The molecule has 0 aromatic heterocycles. The predicted molar refractivity (Wildman–Crippen MR) is 124 cm³/mol. The summed E-state index contributed by atoms with van der Waals surface area (Å²) in [4.78, 5) is 35.7. The SMILES string of the molecule is C=CC[C@H](O)[C@H]1O[C@H](OC)[C@H](OC)[C@@H](OC)[C@H]1O[C@@H]1O[C@@H](C)[C@H](OC(C)=O)[C@@H](OC(C)=O)[C@H]1OC(C)=O. The Morgan fingerprint density at radius 3 is 1.81 bits per heavy atom. The fraction of sp³-hybridized carbons (Fsp3) is 0.792. The van der Waals surface area contributed by atoms with Gasteiger partial charge in [0.1, 0.15) is 24.4 Å². The molecule has 2 aliphatic heterocycles. The summed E-state index contributed by atoms with van der Waals surface area (Å²) < 4.78 is 51.1. The number of hydrogen-bond acceptors (Lipinski definition) is 13. The van der Waals surface area contributed by atoms with E-state index in [4.69, 9.17) is 42.6 Å². The van der Waals surface area contributed by atoms with Crippen LogP contribution in [0.5, 0.6) is 0 Å². The number of aliphatic hydroxyl groups excluding tert-OH is 1. The maximum atomic E-state index is 12.0. The number of aliphatic hydroxyl groups is 1. The van der Waals surface area contributed by atoms with Crippen LogP contribution in [-0.2, 0) is 57.0 Å². The van der Waals surface area contributed by atoms with Crippen molar-refractivity contribution in [2.75, 3.05) is 21.3 Å². The first kappa shape index (κ1) is 31.1. The van der Waals surface area contributed by atoms with Crippen LogP contribution in [0.1, 0.15) is 34.1 Å². The number of hydrogen-bond donors (Lipinski definition) is 1. The van der Waals surface area contributed by atoms with Crippen LogP contribution in [0.15, 0.2) is 12.7 Å². The minimum Gasteiger partial charge on any atom is -0.456 e. The van der Waals surface area contributed by atoms with E-state index in [1.165, 1.54) is 34.3 Å². The molecule has 0 amide bonds. The molecule has 212 valence electrons. The van der Waals surface area contributed by atoms with Gasteiger partial charge in [0.2, 0.25) is 0 Å². The number of methoxy groups -OCH3 is 3. The fourth-order valence-corrected chi connectivity index (χ4v) is 4.55. The molecular formula is C24H38O13. The van der Waals surface area contributed by atoms with Crippen molar-refractivity contribution in [2.45, 2.75) is 102 Å². The quantitative estimate of drug-likeness (QED) is 0.219. The van der Waals surface area contributed by atoms with Gasteiger partial charge in [0.15, 0.2) is 30.9 Å². The Kier molecular flexibility index (Phi) is 11.9. The summed E-state index contributed by atoms with van der Waals surface area (Å²) in [6, 6.07) is 0. The van der Waals surface area contributed by atoms with Crippen LogP contribution in [0.25, 0.3) is 0 Å². The maximum absolute atomic E-state index is 12.0. The third-order valence-corrected chi connectivity index (χ3v) is 6.02. The highest BCUT2D eigenvalue weighted by molar-refractivity contribution is 5.68. The van der Waals surface area contributed by atoms with Crippen LogP contribution < -0.4 is 0 Å². The summed E-state index contributed by atoms with van der Waals surface area (Å²) in [6.07, 6.45) is -9.94. The van der Waals surface area contributed by atoms with Gasteiger partial charge in [-0.25, -0.2) is 0 Å². The van der Waals surface area contributed by atoms with E-state index in [0.29, 0.717) is 0 Å². The predicted octanol–water partition coefficient (Wildman–Crippen LogP) is 0.250. The Morgan fingerprint density at radius 2 is 1.32 bits per heavy atom. The molecule has 2 rings (SSSR count). The first-order valence-corrected chi connectivity index (χ1v) is 11.8. The molecule has 0 aromatic carbocycles.